The van der Waals surface area contributed by atoms with Gasteiger partial charge in [-0.2, -0.15) is 0 Å². The number of aliphatic hydroxyl groups is 1. The molecule has 0 fully saturated rings. The van der Waals surface area contributed by atoms with Gasteiger partial charge in [0.2, 0.25) is 0 Å². The number of carbonyl (C=O) groups is 1. The van der Waals surface area contributed by atoms with Crippen molar-refractivity contribution < 1.29 is 14.6 Å². The second-order valence-corrected chi connectivity index (χ2v) is 7.53. The van der Waals surface area contributed by atoms with Gasteiger partial charge in [0.1, 0.15) is 5.75 Å². The van der Waals surface area contributed by atoms with Crippen molar-refractivity contribution in [3.05, 3.63) is 65.2 Å². The maximum atomic E-state index is 12.1. The number of hydrogen-bond donors (Lipinski definition) is 3. The second kappa shape index (κ2) is 8.91. The molecule has 3 N–H and O–H groups in total. The number of hydrogen-bond acceptors (Lipinski definition) is 3. The summed E-state index contributed by atoms with van der Waals surface area (Å²) in [6, 6.07) is 16.0. The third-order valence-corrected chi connectivity index (χ3v) is 4.98. The second-order valence-electron chi connectivity index (χ2n) is 7.53. The van der Waals surface area contributed by atoms with Crippen molar-refractivity contribution >= 4 is 6.03 Å². The highest BCUT2D eigenvalue weighted by molar-refractivity contribution is 5.73. The summed E-state index contributed by atoms with van der Waals surface area (Å²) in [5.74, 6) is 0.978. The summed E-state index contributed by atoms with van der Waals surface area (Å²) in [5, 5.41) is 15.6. The lowest BCUT2D eigenvalue weighted by Gasteiger charge is -2.27. The first-order chi connectivity index (χ1) is 13.1. The molecule has 144 valence electrons. The van der Waals surface area contributed by atoms with Gasteiger partial charge in [-0.05, 0) is 35.6 Å². The number of carbonyl (C=O) groups excluding carboxylic acids is 1. The van der Waals surface area contributed by atoms with E-state index in [9.17, 15) is 9.90 Å². The Labute approximate surface area is 160 Å². The SMILES string of the molecule is C[C@@](CO)(CNC(=O)NCCc1ccc2c(c1)CCO2)Cc1ccccc1. The Balaban J connectivity index is 1.42. The smallest absolute Gasteiger partial charge is 0.314 e. The minimum Gasteiger partial charge on any atom is -0.493 e. The summed E-state index contributed by atoms with van der Waals surface area (Å²) < 4.78 is 5.51. The van der Waals surface area contributed by atoms with Crippen LogP contribution >= 0.6 is 0 Å². The molecule has 1 atom stereocenters. The molecule has 0 aliphatic carbocycles. The molecular weight excluding hydrogens is 340 g/mol. The van der Waals surface area contributed by atoms with Gasteiger partial charge >= 0.3 is 6.03 Å². The number of ether oxygens (including phenoxy) is 1. The number of rotatable bonds is 8. The number of urea groups is 1. The molecule has 1 aliphatic heterocycles. The lowest BCUT2D eigenvalue weighted by molar-refractivity contribution is 0.140. The molecule has 0 bridgehead atoms. The molecule has 0 saturated heterocycles. The first-order valence-electron chi connectivity index (χ1n) is 9.49. The van der Waals surface area contributed by atoms with E-state index in [0.717, 1.165) is 30.8 Å². The molecule has 0 spiro atoms. The van der Waals surface area contributed by atoms with Crippen LogP contribution in [0.25, 0.3) is 0 Å². The van der Waals surface area contributed by atoms with Crippen LogP contribution in [0.3, 0.4) is 0 Å². The van der Waals surface area contributed by atoms with Gasteiger partial charge in [0.15, 0.2) is 0 Å². The molecular formula is C22H28N2O3. The van der Waals surface area contributed by atoms with Crippen LogP contribution in [0, 0.1) is 5.41 Å². The highest BCUT2D eigenvalue weighted by Crippen LogP contribution is 2.26. The van der Waals surface area contributed by atoms with E-state index in [1.807, 2.05) is 49.4 Å². The summed E-state index contributed by atoms with van der Waals surface area (Å²) in [5.41, 5.74) is 3.20. The fourth-order valence-corrected chi connectivity index (χ4v) is 3.33. The highest BCUT2D eigenvalue weighted by Gasteiger charge is 2.24. The van der Waals surface area contributed by atoms with Crippen molar-refractivity contribution in [2.45, 2.75) is 26.2 Å². The van der Waals surface area contributed by atoms with Gasteiger partial charge in [0, 0.05) is 24.9 Å². The molecule has 5 nitrogen and oxygen atoms in total. The van der Waals surface area contributed by atoms with E-state index in [1.54, 1.807) is 0 Å². The fraction of sp³-hybridized carbons (Fsp3) is 0.409. The Bertz CT molecular complexity index is 763. The first kappa shape index (κ1) is 19.2. The summed E-state index contributed by atoms with van der Waals surface area (Å²) in [6.07, 6.45) is 2.45. The Hall–Kier alpha value is -2.53. The van der Waals surface area contributed by atoms with Crippen LogP contribution in [0.4, 0.5) is 4.79 Å². The van der Waals surface area contributed by atoms with Crippen molar-refractivity contribution in [3.63, 3.8) is 0 Å². The Morgan fingerprint density at radius 2 is 1.96 bits per heavy atom. The number of nitrogens with one attached hydrogen (secondary N) is 2. The Morgan fingerprint density at radius 1 is 1.15 bits per heavy atom. The topological polar surface area (TPSA) is 70.6 Å². The van der Waals surface area contributed by atoms with Crippen LogP contribution in [0.15, 0.2) is 48.5 Å². The third kappa shape index (κ3) is 5.47. The van der Waals surface area contributed by atoms with E-state index in [0.29, 0.717) is 19.5 Å². The van der Waals surface area contributed by atoms with Gasteiger partial charge in [0.05, 0.1) is 13.2 Å². The number of amides is 2. The molecule has 3 rings (SSSR count). The molecule has 0 saturated carbocycles. The van der Waals surface area contributed by atoms with Crippen LogP contribution < -0.4 is 15.4 Å². The fourth-order valence-electron chi connectivity index (χ4n) is 3.33. The molecule has 0 unspecified atom stereocenters. The zero-order chi connectivity index (χ0) is 19.1. The van der Waals surface area contributed by atoms with Gasteiger partial charge < -0.3 is 20.5 Å². The Morgan fingerprint density at radius 3 is 2.74 bits per heavy atom. The zero-order valence-electron chi connectivity index (χ0n) is 15.8. The minimum atomic E-state index is -0.390. The predicted octanol–water partition coefficient (Wildman–Crippen LogP) is 2.70. The molecule has 27 heavy (non-hydrogen) atoms. The van der Waals surface area contributed by atoms with Crippen LogP contribution in [0.1, 0.15) is 23.6 Å². The van der Waals surface area contributed by atoms with Crippen LogP contribution in [0.2, 0.25) is 0 Å². The number of aliphatic hydroxyl groups excluding tert-OH is 1. The predicted molar refractivity (Wildman–Crippen MR) is 106 cm³/mol. The molecule has 2 amide bonds. The largest absolute Gasteiger partial charge is 0.493 e. The zero-order valence-corrected chi connectivity index (χ0v) is 15.8. The lowest BCUT2D eigenvalue weighted by Crippen LogP contribution is -2.44. The van der Waals surface area contributed by atoms with Gasteiger partial charge in [-0.25, -0.2) is 4.79 Å². The molecule has 5 heteroatoms. The molecule has 2 aromatic rings. The van der Waals surface area contributed by atoms with E-state index in [4.69, 9.17) is 4.74 Å². The van der Waals surface area contributed by atoms with E-state index in [2.05, 4.69) is 16.7 Å². The monoisotopic (exact) mass is 368 g/mol. The van der Waals surface area contributed by atoms with E-state index in [1.165, 1.54) is 11.1 Å². The van der Waals surface area contributed by atoms with Crippen molar-refractivity contribution in [2.24, 2.45) is 5.41 Å². The van der Waals surface area contributed by atoms with E-state index in [-0.39, 0.29) is 12.6 Å². The van der Waals surface area contributed by atoms with Crippen molar-refractivity contribution in [1.29, 1.82) is 0 Å². The number of fused-ring (bicyclic) bond motifs is 1. The maximum Gasteiger partial charge on any atom is 0.314 e. The summed E-state index contributed by atoms with van der Waals surface area (Å²) >= 11 is 0. The lowest BCUT2D eigenvalue weighted by atomic mass is 9.84. The van der Waals surface area contributed by atoms with Crippen molar-refractivity contribution in [3.8, 4) is 5.75 Å². The summed E-state index contributed by atoms with van der Waals surface area (Å²) in [7, 11) is 0. The van der Waals surface area contributed by atoms with E-state index < -0.39 is 5.41 Å². The molecule has 0 aromatic heterocycles. The van der Waals surface area contributed by atoms with Crippen LogP contribution in [-0.4, -0.2) is 37.4 Å². The standard InChI is InChI=1S/C22H28N2O3/c1-22(16-25,14-18-5-3-2-4-6-18)15-24-21(26)23-11-9-17-7-8-20-19(13-17)10-12-27-20/h2-8,13,25H,9-12,14-16H2,1H3,(H2,23,24,26)/t22-/m0/s1. The van der Waals surface area contributed by atoms with Crippen LogP contribution in [0.5, 0.6) is 5.75 Å². The number of benzene rings is 2. The van der Waals surface area contributed by atoms with Gasteiger partial charge in [-0.3, -0.25) is 0 Å². The molecule has 1 heterocycles. The average Bonchev–Trinajstić information content (AvgIpc) is 3.15. The van der Waals surface area contributed by atoms with E-state index >= 15 is 0 Å². The highest BCUT2D eigenvalue weighted by atomic mass is 16.5. The quantitative estimate of drug-likeness (QED) is 0.671. The third-order valence-electron chi connectivity index (χ3n) is 4.98. The minimum absolute atomic E-state index is 0.0133. The van der Waals surface area contributed by atoms with Gasteiger partial charge in [-0.1, -0.05) is 49.4 Å². The maximum absolute atomic E-state index is 12.1. The van der Waals surface area contributed by atoms with Crippen LogP contribution in [-0.2, 0) is 19.3 Å². The normalized spacial score (nSPS) is 14.7. The first-order valence-corrected chi connectivity index (χ1v) is 9.49. The molecule has 0 radical (unpaired) electrons. The van der Waals surface area contributed by atoms with Gasteiger partial charge in [0.25, 0.3) is 0 Å². The average molecular weight is 368 g/mol. The van der Waals surface area contributed by atoms with Gasteiger partial charge in [-0.15, -0.1) is 0 Å². The molecule has 2 aromatic carbocycles. The Kier molecular flexibility index (Phi) is 6.35. The van der Waals surface area contributed by atoms with Crippen molar-refractivity contribution in [1.82, 2.24) is 10.6 Å². The molecule has 1 aliphatic rings. The van der Waals surface area contributed by atoms with Crippen molar-refractivity contribution in [2.75, 3.05) is 26.3 Å². The summed E-state index contributed by atoms with van der Waals surface area (Å²) in [6.45, 7) is 3.73. The summed E-state index contributed by atoms with van der Waals surface area (Å²) in [4.78, 5) is 12.1.